The maximum absolute atomic E-state index is 12.6. The van der Waals surface area contributed by atoms with Gasteiger partial charge in [-0.05, 0) is 31.5 Å². The predicted octanol–water partition coefficient (Wildman–Crippen LogP) is 3.71. The quantitative estimate of drug-likeness (QED) is 0.682. The Hall–Kier alpha value is -2.51. The molecule has 3 aromatic rings. The zero-order valence-electron chi connectivity index (χ0n) is 13.7. The number of aryl methyl sites for hydroxylation is 2. The molecule has 0 unspecified atom stereocenters. The van der Waals surface area contributed by atoms with Gasteiger partial charge in [-0.25, -0.2) is 4.98 Å². The number of halogens is 1. The van der Waals surface area contributed by atoms with E-state index in [0.29, 0.717) is 26.5 Å². The maximum Gasteiger partial charge on any atom is 0.262 e. The molecule has 0 spiro atoms. The third-order valence-electron chi connectivity index (χ3n) is 3.83. The van der Waals surface area contributed by atoms with Gasteiger partial charge in [0, 0.05) is 23.5 Å². The molecule has 2 aromatic heterocycles. The summed E-state index contributed by atoms with van der Waals surface area (Å²) in [4.78, 5) is 44.1. The molecule has 1 aromatic carbocycles. The van der Waals surface area contributed by atoms with Crippen molar-refractivity contribution in [1.29, 1.82) is 0 Å². The van der Waals surface area contributed by atoms with E-state index in [1.165, 1.54) is 13.1 Å². The van der Waals surface area contributed by atoms with Crippen LogP contribution >= 0.6 is 22.9 Å². The maximum atomic E-state index is 12.6. The van der Waals surface area contributed by atoms with Gasteiger partial charge in [0.1, 0.15) is 5.56 Å². The Kier molecular flexibility index (Phi) is 4.45. The molecule has 0 bridgehead atoms. The first-order valence-electron chi connectivity index (χ1n) is 7.39. The number of carbonyl (C=O) groups excluding carboxylic acids is 2. The summed E-state index contributed by atoms with van der Waals surface area (Å²) in [7, 11) is 0. The molecule has 0 aliphatic carbocycles. The average molecular weight is 376 g/mol. The number of nitrogens with zero attached hydrogens (tertiary/aromatic N) is 1. The zero-order chi connectivity index (χ0) is 18.3. The number of fused-ring (bicyclic) bond motifs is 1. The van der Waals surface area contributed by atoms with Crippen molar-refractivity contribution in [2.24, 2.45) is 0 Å². The van der Waals surface area contributed by atoms with E-state index in [-0.39, 0.29) is 16.5 Å². The summed E-state index contributed by atoms with van der Waals surface area (Å²) in [6.45, 7) is 4.92. The van der Waals surface area contributed by atoms with Crippen molar-refractivity contribution in [2.75, 3.05) is 5.32 Å². The highest BCUT2D eigenvalue weighted by Crippen LogP contribution is 2.24. The van der Waals surface area contributed by atoms with Crippen LogP contribution in [0.5, 0.6) is 0 Å². The molecule has 0 fully saturated rings. The normalized spacial score (nSPS) is 10.9. The molecule has 25 heavy (non-hydrogen) atoms. The summed E-state index contributed by atoms with van der Waals surface area (Å²) in [5, 5.41) is 3.77. The van der Waals surface area contributed by atoms with Gasteiger partial charge in [0.25, 0.3) is 5.91 Å². The number of ketones is 1. The summed E-state index contributed by atoms with van der Waals surface area (Å²) in [6.07, 6.45) is 1.36. The second-order valence-corrected chi connectivity index (χ2v) is 6.98. The average Bonchev–Trinajstić information content (AvgIpc) is 2.92. The number of Topliss-reactive ketones (excluding diaryl/α,β-unsaturated/α-hetero) is 1. The topological polar surface area (TPSA) is 91.9 Å². The molecule has 0 atom stereocenters. The molecule has 0 saturated heterocycles. The Bertz CT molecular complexity index is 1080. The van der Waals surface area contributed by atoms with Gasteiger partial charge in [-0.3, -0.25) is 19.7 Å². The fourth-order valence-corrected chi connectivity index (χ4v) is 3.54. The minimum atomic E-state index is -0.584. The number of rotatable bonds is 3. The number of amides is 1. The number of H-pyrrole nitrogens is 1. The van der Waals surface area contributed by atoms with E-state index in [9.17, 15) is 14.4 Å². The van der Waals surface area contributed by atoms with Gasteiger partial charge in [0.15, 0.2) is 10.9 Å². The van der Waals surface area contributed by atoms with E-state index in [1.807, 2.05) is 0 Å². The SMILES string of the molecule is CC(=O)c1sc(NC(=O)c2c[nH]c3c(C)c(Cl)ccc3c2=O)nc1C. The highest BCUT2D eigenvalue weighted by Gasteiger charge is 2.18. The fraction of sp³-hybridized carbons (Fsp3) is 0.176. The number of thiazole rings is 1. The molecule has 0 saturated carbocycles. The molecule has 0 aliphatic heterocycles. The smallest absolute Gasteiger partial charge is 0.262 e. The molecule has 3 rings (SSSR count). The first kappa shape index (κ1) is 17.3. The molecular weight excluding hydrogens is 362 g/mol. The lowest BCUT2D eigenvalue weighted by atomic mass is 10.1. The number of aromatic nitrogens is 2. The van der Waals surface area contributed by atoms with Crippen LogP contribution in [0.15, 0.2) is 23.1 Å². The Morgan fingerprint density at radius 3 is 2.64 bits per heavy atom. The summed E-state index contributed by atoms with van der Waals surface area (Å²) in [6, 6.07) is 3.21. The second kappa shape index (κ2) is 6.42. The van der Waals surface area contributed by atoms with Gasteiger partial charge in [-0.1, -0.05) is 22.9 Å². The Morgan fingerprint density at radius 2 is 2.00 bits per heavy atom. The molecule has 2 heterocycles. The van der Waals surface area contributed by atoms with Crippen molar-refractivity contribution < 1.29 is 9.59 Å². The number of nitrogens with one attached hydrogen (secondary N) is 2. The molecule has 2 N–H and O–H groups in total. The van der Waals surface area contributed by atoms with Gasteiger partial charge in [-0.2, -0.15) is 0 Å². The first-order chi connectivity index (χ1) is 11.8. The number of hydrogen-bond donors (Lipinski definition) is 2. The number of benzene rings is 1. The lowest BCUT2D eigenvalue weighted by Gasteiger charge is -2.06. The molecule has 1 amide bonds. The summed E-state index contributed by atoms with van der Waals surface area (Å²) in [5.41, 5.74) is 1.45. The van der Waals surface area contributed by atoms with Crippen molar-refractivity contribution >= 4 is 50.7 Å². The predicted molar refractivity (Wildman–Crippen MR) is 99.1 cm³/mol. The molecular formula is C17H14ClN3O3S. The Morgan fingerprint density at radius 1 is 1.28 bits per heavy atom. The van der Waals surface area contributed by atoms with Crippen LogP contribution in [-0.2, 0) is 0 Å². The van der Waals surface area contributed by atoms with Crippen molar-refractivity contribution in [1.82, 2.24) is 9.97 Å². The number of anilines is 1. The first-order valence-corrected chi connectivity index (χ1v) is 8.59. The number of aromatic amines is 1. The molecule has 0 radical (unpaired) electrons. The molecule has 6 nitrogen and oxygen atoms in total. The lowest BCUT2D eigenvalue weighted by molar-refractivity contribution is 0.101. The third kappa shape index (κ3) is 3.08. The highest BCUT2D eigenvalue weighted by molar-refractivity contribution is 7.17. The molecule has 128 valence electrons. The fourth-order valence-electron chi connectivity index (χ4n) is 2.53. The highest BCUT2D eigenvalue weighted by atomic mass is 35.5. The van der Waals surface area contributed by atoms with Gasteiger partial charge in [-0.15, -0.1) is 0 Å². The number of pyridine rings is 1. The van der Waals surface area contributed by atoms with Crippen LogP contribution in [0.2, 0.25) is 5.02 Å². The lowest BCUT2D eigenvalue weighted by Crippen LogP contribution is -2.22. The minimum Gasteiger partial charge on any atom is -0.360 e. The van der Waals surface area contributed by atoms with E-state index >= 15 is 0 Å². The second-order valence-electron chi connectivity index (χ2n) is 5.57. The minimum absolute atomic E-state index is 0.0357. The van der Waals surface area contributed by atoms with Crippen LogP contribution in [0.3, 0.4) is 0 Å². The molecule has 0 aliphatic rings. The van der Waals surface area contributed by atoms with E-state index in [2.05, 4.69) is 15.3 Å². The monoisotopic (exact) mass is 375 g/mol. The van der Waals surface area contributed by atoms with Crippen LogP contribution in [0.1, 0.15) is 38.2 Å². The van der Waals surface area contributed by atoms with E-state index in [1.54, 1.807) is 26.0 Å². The molecule has 8 heteroatoms. The van der Waals surface area contributed by atoms with Crippen LogP contribution < -0.4 is 10.7 Å². The van der Waals surface area contributed by atoms with Gasteiger partial charge < -0.3 is 4.98 Å². The van der Waals surface area contributed by atoms with Crippen molar-refractivity contribution in [3.8, 4) is 0 Å². The van der Waals surface area contributed by atoms with E-state index in [0.717, 1.165) is 16.9 Å². The van der Waals surface area contributed by atoms with Gasteiger partial charge in [0.2, 0.25) is 5.43 Å². The largest absolute Gasteiger partial charge is 0.360 e. The van der Waals surface area contributed by atoms with E-state index < -0.39 is 11.3 Å². The van der Waals surface area contributed by atoms with Crippen molar-refractivity contribution in [3.05, 3.63) is 55.3 Å². The van der Waals surface area contributed by atoms with Crippen molar-refractivity contribution in [2.45, 2.75) is 20.8 Å². The zero-order valence-corrected chi connectivity index (χ0v) is 15.3. The van der Waals surface area contributed by atoms with Crippen LogP contribution in [0, 0.1) is 13.8 Å². The van der Waals surface area contributed by atoms with E-state index in [4.69, 9.17) is 11.6 Å². The number of carbonyl (C=O) groups is 2. The standard InChI is InChI=1S/C17H14ClN3O3S/c1-7-12(18)5-4-10-13(7)19-6-11(14(10)23)16(24)21-17-20-8(2)15(25-17)9(3)22/h4-6H,1-3H3,(H,19,23)(H,20,21,24). The Balaban J connectivity index is 1.99. The summed E-state index contributed by atoms with van der Waals surface area (Å²) >= 11 is 7.14. The van der Waals surface area contributed by atoms with Gasteiger partial charge in [0.05, 0.1) is 16.1 Å². The van der Waals surface area contributed by atoms with Crippen LogP contribution in [0.25, 0.3) is 10.9 Å². The third-order valence-corrected chi connectivity index (χ3v) is 5.41. The summed E-state index contributed by atoms with van der Waals surface area (Å²) in [5.74, 6) is -0.703. The van der Waals surface area contributed by atoms with Crippen LogP contribution in [-0.4, -0.2) is 21.7 Å². The van der Waals surface area contributed by atoms with Crippen molar-refractivity contribution in [3.63, 3.8) is 0 Å². The number of hydrogen-bond acceptors (Lipinski definition) is 5. The Labute approximate surface area is 151 Å². The van der Waals surface area contributed by atoms with Gasteiger partial charge >= 0.3 is 0 Å². The summed E-state index contributed by atoms with van der Waals surface area (Å²) < 4.78 is 0. The van der Waals surface area contributed by atoms with Crippen LogP contribution in [0.4, 0.5) is 5.13 Å².